The molecule has 1 aromatic carbocycles. The first-order valence-corrected chi connectivity index (χ1v) is 6.59. The molecular formula is C15H14ClFN2O. The van der Waals surface area contributed by atoms with Crippen LogP contribution in [0.25, 0.3) is 0 Å². The van der Waals surface area contributed by atoms with Crippen molar-refractivity contribution in [3.8, 4) is 0 Å². The van der Waals surface area contributed by atoms with E-state index in [-0.39, 0.29) is 11.9 Å². The van der Waals surface area contributed by atoms with Crippen LogP contribution in [0.5, 0.6) is 0 Å². The molecule has 3 nitrogen and oxygen atoms in total. The molecule has 0 aliphatic heterocycles. The molecule has 0 saturated carbocycles. The van der Waals surface area contributed by atoms with Crippen molar-refractivity contribution < 1.29 is 9.18 Å². The number of aromatic nitrogens is 1. The van der Waals surface area contributed by atoms with E-state index in [9.17, 15) is 9.18 Å². The van der Waals surface area contributed by atoms with Crippen molar-refractivity contribution in [1.82, 2.24) is 10.3 Å². The first kappa shape index (κ1) is 14.5. The lowest BCUT2D eigenvalue weighted by atomic mass is 10.1. The van der Waals surface area contributed by atoms with Gasteiger partial charge in [-0.3, -0.25) is 4.79 Å². The third kappa shape index (κ3) is 4.03. The summed E-state index contributed by atoms with van der Waals surface area (Å²) < 4.78 is 12.7. The number of amides is 1. The minimum atomic E-state index is -0.603. The third-order valence-corrected chi connectivity index (χ3v) is 3.03. The lowest BCUT2D eigenvalue weighted by Gasteiger charge is -2.14. The van der Waals surface area contributed by atoms with E-state index in [4.69, 9.17) is 11.6 Å². The second kappa shape index (κ2) is 6.48. The van der Waals surface area contributed by atoms with Gasteiger partial charge in [0.15, 0.2) is 0 Å². The Kier molecular flexibility index (Phi) is 4.69. The Balaban J connectivity index is 1.95. The Labute approximate surface area is 121 Å². The first-order valence-electron chi connectivity index (χ1n) is 6.21. The summed E-state index contributed by atoms with van der Waals surface area (Å²) in [4.78, 5) is 15.4. The number of rotatable bonds is 4. The fourth-order valence-corrected chi connectivity index (χ4v) is 2.10. The minimum Gasteiger partial charge on any atom is -0.349 e. The van der Waals surface area contributed by atoms with E-state index in [2.05, 4.69) is 10.3 Å². The van der Waals surface area contributed by atoms with E-state index in [0.29, 0.717) is 17.0 Å². The summed E-state index contributed by atoms with van der Waals surface area (Å²) in [7, 11) is 0. The topological polar surface area (TPSA) is 42.0 Å². The first-order chi connectivity index (χ1) is 9.54. The molecule has 1 heterocycles. The highest BCUT2D eigenvalue weighted by molar-refractivity contribution is 6.30. The van der Waals surface area contributed by atoms with E-state index in [1.165, 1.54) is 12.3 Å². The number of carbonyl (C=O) groups excluding carboxylic acids is 1. The van der Waals surface area contributed by atoms with Gasteiger partial charge < -0.3 is 5.32 Å². The van der Waals surface area contributed by atoms with Gasteiger partial charge in [-0.05, 0) is 43.2 Å². The summed E-state index contributed by atoms with van der Waals surface area (Å²) in [5.74, 6) is -0.874. The molecule has 1 amide bonds. The van der Waals surface area contributed by atoms with Gasteiger partial charge in [0.05, 0.1) is 5.56 Å². The highest BCUT2D eigenvalue weighted by Gasteiger charge is 2.11. The fourth-order valence-electron chi connectivity index (χ4n) is 1.89. The molecule has 2 aromatic rings. The van der Waals surface area contributed by atoms with Crippen LogP contribution in [-0.2, 0) is 6.42 Å². The summed E-state index contributed by atoms with van der Waals surface area (Å²) in [6.45, 7) is 1.90. The Morgan fingerprint density at radius 1 is 1.40 bits per heavy atom. The zero-order valence-corrected chi connectivity index (χ0v) is 11.7. The average Bonchev–Trinajstić information content (AvgIpc) is 2.39. The number of carbonyl (C=O) groups is 1. The number of nitrogens with zero attached hydrogens (tertiary/aromatic N) is 1. The molecule has 1 aromatic heterocycles. The molecule has 0 aliphatic carbocycles. The molecule has 2 rings (SSSR count). The van der Waals surface area contributed by atoms with Gasteiger partial charge in [-0.2, -0.15) is 4.39 Å². The van der Waals surface area contributed by atoms with Crippen LogP contribution in [0.1, 0.15) is 22.8 Å². The van der Waals surface area contributed by atoms with Gasteiger partial charge in [-0.25, -0.2) is 4.98 Å². The van der Waals surface area contributed by atoms with Crippen LogP contribution in [0.3, 0.4) is 0 Å². The number of halogens is 2. The Morgan fingerprint density at radius 2 is 2.20 bits per heavy atom. The second-order valence-corrected chi connectivity index (χ2v) is 5.01. The van der Waals surface area contributed by atoms with Gasteiger partial charge in [-0.15, -0.1) is 0 Å². The van der Waals surface area contributed by atoms with Crippen LogP contribution in [0, 0.1) is 5.95 Å². The lowest BCUT2D eigenvalue weighted by molar-refractivity contribution is 0.0939. The number of hydrogen-bond donors (Lipinski definition) is 1. The summed E-state index contributed by atoms with van der Waals surface area (Å²) in [6, 6.07) is 10.00. The average molecular weight is 293 g/mol. The maximum atomic E-state index is 12.7. The molecule has 1 N–H and O–H groups in total. The van der Waals surface area contributed by atoms with Crippen LogP contribution in [-0.4, -0.2) is 16.9 Å². The molecular weight excluding hydrogens is 279 g/mol. The predicted molar refractivity (Wildman–Crippen MR) is 76.3 cm³/mol. The maximum Gasteiger partial charge on any atom is 0.253 e. The molecule has 0 spiro atoms. The van der Waals surface area contributed by atoms with Crippen LogP contribution < -0.4 is 5.32 Å². The van der Waals surface area contributed by atoms with Crippen LogP contribution >= 0.6 is 11.6 Å². The molecule has 1 atom stereocenters. The van der Waals surface area contributed by atoms with Gasteiger partial charge in [0, 0.05) is 17.3 Å². The van der Waals surface area contributed by atoms with E-state index >= 15 is 0 Å². The quantitative estimate of drug-likeness (QED) is 0.879. The second-order valence-electron chi connectivity index (χ2n) is 4.58. The van der Waals surface area contributed by atoms with E-state index in [1.54, 1.807) is 6.07 Å². The van der Waals surface area contributed by atoms with Crippen molar-refractivity contribution in [3.63, 3.8) is 0 Å². The van der Waals surface area contributed by atoms with E-state index < -0.39 is 5.95 Å². The van der Waals surface area contributed by atoms with Gasteiger partial charge in [-0.1, -0.05) is 23.7 Å². The van der Waals surface area contributed by atoms with Gasteiger partial charge in [0.1, 0.15) is 0 Å². The maximum absolute atomic E-state index is 12.7. The monoisotopic (exact) mass is 292 g/mol. The Morgan fingerprint density at radius 3 is 2.85 bits per heavy atom. The van der Waals surface area contributed by atoms with Gasteiger partial charge in [0.25, 0.3) is 5.91 Å². The fraction of sp³-hybridized carbons (Fsp3) is 0.200. The van der Waals surface area contributed by atoms with E-state index in [0.717, 1.165) is 11.6 Å². The van der Waals surface area contributed by atoms with Crippen molar-refractivity contribution in [2.45, 2.75) is 19.4 Å². The zero-order valence-electron chi connectivity index (χ0n) is 10.9. The third-order valence-electron chi connectivity index (χ3n) is 2.80. The van der Waals surface area contributed by atoms with Gasteiger partial charge >= 0.3 is 0 Å². The molecule has 104 valence electrons. The van der Waals surface area contributed by atoms with Crippen LogP contribution in [0.2, 0.25) is 5.02 Å². The normalized spacial score (nSPS) is 11.9. The molecule has 0 saturated heterocycles. The number of benzene rings is 1. The molecule has 5 heteroatoms. The molecule has 0 radical (unpaired) electrons. The number of hydrogen-bond acceptors (Lipinski definition) is 2. The molecule has 0 bridgehead atoms. The SMILES string of the molecule is CC(Cc1cccc(Cl)c1)NC(=O)c1ccc(F)nc1. The smallest absolute Gasteiger partial charge is 0.253 e. The summed E-state index contributed by atoms with van der Waals surface area (Å²) >= 11 is 5.91. The highest BCUT2D eigenvalue weighted by Crippen LogP contribution is 2.12. The standard InChI is InChI=1S/C15H14ClFN2O/c1-10(7-11-3-2-4-13(16)8-11)19-15(20)12-5-6-14(17)18-9-12/h2-6,8-10H,7H2,1H3,(H,19,20). The lowest BCUT2D eigenvalue weighted by Crippen LogP contribution is -2.34. The van der Waals surface area contributed by atoms with Crippen molar-refractivity contribution in [1.29, 1.82) is 0 Å². The van der Waals surface area contributed by atoms with Crippen molar-refractivity contribution >= 4 is 17.5 Å². The highest BCUT2D eigenvalue weighted by atomic mass is 35.5. The van der Waals surface area contributed by atoms with Crippen LogP contribution in [0.15, 0.2) is 42.6 Å². The van der Waals surface area contributed by atoms with Crippen LogP contribution in [0.4, 0.5) is 4.39 Å². The molecule has 0 fully saturated rings. The molecule has 0 aliphatic rings. The van der Waals surface area contributed by atoms with Crippen molar-refractivity contribution in [3.05, 3.63) is 64.7 Å². The van der Waals surface area contributed by atoms with Crippen molar-refractivity contribution in [2.75, 3.05) is 0 Å². The van der Waals surface area contributed by atoms with E-state index in [1.807, 2.05) is 25.1 Å². The minimum absolute atomic E-state index is 0.0639. The summed E-state index contributed by atoms with van der Waals surface area (Å²) in [5, 5.41) is 3.51. The van der Waals surface area contributed by atoms with Crippen molar-refractivity contribution in [2.24, 2.45) is 0 Å². The summed E-state index contributed by atoms with van der Waals surface area (Å²) in [5.41, 5.74) is 1.38. The Hall–Kier alpha value is -1.94. The predicted octanol–water partition coefficient (Wildman–Crippen LogP) is 3.24. The largest absolute Gasteiger partial charge is 0.349 e. The number of pyridine rings is 1. The van der Waals surface area contributed by atoms with Gasteiger partial charge in [0.2, 0.25) is 5.95 Å². The molecule has 1 unspecified atom stereocenters. The molecule has 20 heavy (non-hydrogen) atoms. The number of nitrogens with one attached hydrogen (secondary N) is 1. The Bertz CT molecular complexity index is 601. The summed E-state index contributed by atoms with van der Waals surface area (Å²) in [6.07, 6.45) is 1.89. The zero-order chi connectivity index (χ0) is 14.5.